The number of rotatable bonds is 12. The Morgan fingerprint density at radius 3 is 1.97 bits per heavy atom. The second-order valence-electron chi connectivity index (χ2n) is 10.4. The Morgan fingerprint density at radius 1 is 0.719 bits per heavy atom. The summed E-state index contributed by atoms with van der Waals surface area (Å²) in [6.45, 7) is 2.29. The van der Waals surface area contributed by atoms with Crippen molar-refractivity contribution >= 4 is 0 Å². The highest BCUT2D eigenvalue weighted by molar-refractivity contribution is 5.19. The van der Waals surface area contributed by atoms with Gasteiger partial charge in [0, 0.05) is 5.56 Å². The summed E-state index contributed by atoms with van der Waals surface area (Å²) in [6, 6.07) is 2.25. The summed E-state index contributed by atoms with van der Waals surface area (Å²) in [7, 11) is 0. The monoisotopic (exact) mass is 452 g/mol. The van der Waals surface area contributed by atoms with Crippen molar-refractivity contribution in [3.05, 3.63) is 35.1 Å². The van der Waals surface area contributed by atoms with Crippen molar-refractivity contribution in [3.8, 4) is 0 Å². The third-order valence-electron chi connectivity index (χ3n) is 8.08. The van der Waals surface area contributed by atoms with E-state index in [0.717, 1.165) is 36.7 Å². The first kappa shape index (κ1) is 25.6. The van der Waals surface area contributed by atoms with E-state index in [-0.39, 0.29) is 18.3 Å². The van der Waals surface area contributed by atoms with E-state index < -0.39 is 17.5 Å². The molecule has 1 aromatic rings. The van der Waals surface area contributed by atoms with Crippen LogP contribution in [0.3, 0.4) is 0 Å². The number of hydrogen-bond acceptors (Lipinski definition) is 1. The molecule has 1 nitrogen and oxygen atoms in total. The van der Waals surface area contributed by atoms with Gasteiger partial charge < -0.3 is 4.74 Å². The van der Waals surface area contributed by atoms with E-state index in [9.17, 15) is 13.2 Å². The van der Waals surface area contributed by atoms with Crippen molar-refractivity contribution in [2.45, 2.75) is 122 Å². The smallest absolute Gasteiger partial charge is 0.194 e. The van der Waals surface area contributed by atoms with Gasteiger partial charge in [0.25, 0.3) is 0 Å². The predicted octanol–water partition coefficient (Wildman–Crippen LogP) is 9.13. The Labute approximate surface area is 193 Å². The third-order valence-corrected chi connectivity index (χ3v) is 8.08. The normalized spacial score (nSPS) is 26.4. The molecule has 0 bridgehead atoms. The first-order valence-electron chi connectivity index (χ1n) is 13.3. The molecule has 0 atom stereocenters. The number of ether oxygens (including phenoxy) is 1. The van der Waals surface area contributed by atoms with Crippen LogP contribution in [-0.2, 0) is 11.3 Å². The molecule has 0 aromatic heterocycles. The third kappa shape index (κ3) is 7.78. The van der Waals surface area contributed by atoms with Gasteiger partial charge in [0.05, 0.1) is 12.7 Å². The van der Waals surface area contributed by atoms with E-state index in [1.165, 1.54) is 96.0 Å². The Hall–Kier alpha value is -1.03. The molecule has 2 aliphatic rings. The van der Waals surface area contributed by atoms with Crippen LogP contribution in [0.1, 0.15) is 115 Å². The highest BCUT2D eigenvalue weighted by atomic mass is 19.2. The maximum absolute atomic E-state index is 13.8. The Morgan fingerprint density at radius 2 is 1.31 bits per heavy atom. The van der Waals surface area contributed by atoms with Crippen LogP contribution in [0.2, 0.25) is 0 Å². The number of hydrogen-bond donors (Lipinski definition) is 0. The summed E-state index contributed by atoms with van der Waals surface area (Å²) < 4.78 is 46.1. The van der Waals surface area contributed by atoms with Crippen LogP contribution < -0.4 is 0 Å². The van der Waals surface area contributed by atoms with Gasteiger partial charge in [0.2, 0.25) is 0 Å². The van der Waals surface area contributed by atoms with Gasteiger partial charge >= 0.3 is 0 Å². The van der Waals surface area contributed by atoms with Gasteiger partial charge in [0.1, 0.15) is 0 Å². The topological polar surface area (TPSA) is 9.23 Å². The standard InChI is InChI=1S/C28H43F3O/c1-2-3-4-5-6-7-8-9-21-10-12-22(13-11-21)23-14-17-25(18-15-23)32-20-24-16-19-26(29)28(31)27(24)30/h16,19,21-23,25H,2-15,17-18,20H2,1H3. The van der Waals surface area contributed by atoms with Gasteiger partial charge in [-0.2, -0.15) is 0 Å². The van der Waals surface area contributed by atoms with Crippen molar-refractivity contribution in [2.75, 3.05) is 0 Å². The molecule has 0 aliphatic heterocycles. The second-order valence-corrected chi connectivity index (χ2v) is 10.4. The molecule has 1 aromatic carbocycles. The number of benzene rings is 1. The van der Waals surface area contributed by atoms with Crippen LogP contribution in [0.25, 0.3) is 0 Å². The fourth-order valence-electron chi connectivity index (χ4n) is 5.95. The maximum atomic E-state index is 13.8. The largest absolute Gasteiger partial charge is 0.373 e. The van der Waals surface area contributed by atoms with E-state index in [1.54, 1.807) is 0 Å². The molecule has 2 aliphatic carbocycles. The number of halogens is 3. The molecule has 182 valence electrons. The number of unbranched alkanes of at least 4 members (excludes halogenated alkanes) is 6. The van der Waals surface area contributed by atoms with Gasteiger partial charge in [-0.3, -0.25) is 0 Å². The van der Waals surface area contributed by atoms with Gasteiger partial charge in [-0.1, -0.05) is 77.2 Å². The first-order chi connectivity index (χ1) is 15.6. The van der Waals surface area contributed by atoms with E-state index >= 15 is 0 Å². The summed E-state index contributed by atoms with van der Waals surface area (Å²) >= 11 is 0. The molecule has 4 heteroatoms. The summed E-state index contributed by atoms with van der Waals surface area (Å²) in [5.74, 6) is -1.06. The molecule has 3 rings (SSSR count). The molecule has 2 fully saturated rings. The predicted molar refractivity (Wildman–Crippen MR) is 125 cm³/mol. The van der Waals surface area contributed by atoms with Crippen LogP contribution in [0, 0.1) is 35.2 Å². The van der Waals surface area contributed by atoms with Gasteiger partial charge in [0.15, 0.2) is 17.5 Å². The Kier molecular flexibility index (Phi) is 10.9. The first-order valence-corrected chi connectivity index (χ1v) is 13.3. The molecule has 0 spiro atoms. The lowest BCUT2D eigenvalue weighted by Crippen LogP contribution is -2.28. The highest BCUT2D eigenvalue weighted by Crippen LogP contribution is 2.41. The SMILES string of the molecule is CCCCCCCCCC1CCC(C2CCC(OCc3ccc(F)c(F)c3F)CC2)CC1. The van der Waals surface area contributed by atoms with Crippen molar-refractivity contribution in [2.24, 2.45) is 17.8 Å². The average Bonchev–Trinajstić information content (AvgIpc) is 2.82. The zero-order valence-electron chi connectivity index (χ0n) is 20.0. The molecular weight excluding hydrogens is 409 g/mol. The van der Waals surface area contributed by atoms with E-state index in [2.05, 4.69) is 6.92 Å². The minimum atomic E-state index is -1.41. The molecular formula is C28H43F3O. The van der Waals surface area contributed by atoms with Crippen LogP contribution in [0.5, 0.6) is 0 Å². The summed E-state index contributed by atoms with van der Waals surface area (Å²) in [5, 5.41) is 0. The van der Waals surface area contributed by atoms with Crippen LogP contribution in [0.4, 0.5) is 13.2 Å². The molecule has 32 heavy (non-hydrogen) atoms. The molecule has 0 amide bonds. The summed E-state index contributed by atoms with van der Waals surface area (Å²) in [5.41, 5.74) is 0.102. The van der Waals surface area contributed by atoms with Crippen molar-refractivity contribution in [1.29, 1.82) is 0 Å². The van der Waals surface area contributed by atoms with Gasteiger partial charge in [-0.15, -0.1) is 0 Å². The average molecular weight is 453 g/mol. The van der Waals surface area contributed by atoms with Crippen molar-refractivity contribution < 1.29 is 17.9 Å². The fraction of sp³-hybridized carbons (Fsp3) is 0.786. The Balaban J connectivity index is 1.27. The highest BCUT2D eigenvalue weighted by Gasteiger charge is 2.31. The zero-order valence-corrected chi connectivity index (χ0v) is 20.0. The van der Waals surface area contributed by atoms with Crippen molar-refractivity contribution in [1.82, 2.24) is 0 Å². The molecule has 0 heterocycles. The minimum absolute atomic E-state index is 0.0160. The summed E-state index contributed by atoms with van der Waals surface area (Å²) in [6.07, 6.45) is 21.3. The molecule has 0 saturated heterocycles. The lowest BCUT2D eigenvalue weighted by atomic mass is 9.70. The molecule has 0 N–H and O–H groups in total. The summed E-state index contributed by atoms with van der Waals surface area (Å²) in [4.78, 5) is 0. The van der Waals surface area contributed by atoms with E-state index in [0.29, 0.717) is 0 Å². The quantitative estimate of drug-likeness (QED) is 0.227. The van der Waals surface area contributed by atoms with Crippen molar-refractivity contribution in [3.63, 3.8) is 0 Å². The maximum Gasteiger partial charge on any atom is 0.194 e. The molecule has 0 unspecified atom stereocenters. The second kappa shape index (κ2) is 13.6. The molecule has 0 radical (unpaired) electrons. The zero-order chi connectivity index (χ0) is 22.8. The van der Waals surface area contributed by atoms with Gasteiger partial charge in [-0.25, -0.2) is 13.2 Å². The minimum Gasteiger partial charge on any atom is -0.373 e. The van der Waals surface area contributed by atoms with Crippen LogP contribution >= 0.6 is 0 Å². The fourth-order valence-corrected chi connectivity index (χ4v) is 5.95. The Bertz CT molecular complexity index is 661. The van der Waals surface area contributed by atoms with Crippen LogP contribution in [0.15, 0.2) is 12.1 Å². The van der Waals surface area contributed by atoms with E-state index in [4.69, 9.17) is 4.74 Å². The lowest BCUT2D eigenvalue weighted by Gasteiger charge is -2.38. The lowest BCUT2D eigenvalue weighted by molar-refractivity contribution is -0.00409. The van der Waals surface area contributed by atoms with E-state index in [1.807, 2.05) is 0 Å². The van der Waals surface area contributed by atoms with Crippen LogP contribution in [-0.4, -0.2) is 6.10 Å². The molecule has 2 saturated carbocycles. The van der Waals surface area contributed by atoms with Gasteiger partial charge in [-0.05, 0) is 62.3 Å².